The van der Waals surface area contributed by atoms with Crippen LogP contribution in [0.1, 0.15) is 21.7 Å². The molecule has 1 N–H and O–H groups in total. The Morgan fingerprint density at radius 3 is 2.35 bits per heavy atom. The molecule has 1 heterocycles. The van der Waals surface area contributed by atoms with E-state index in [1.54, 1.807) is 19.9 Å². The van der Waals surface area contributed by atoms with Crippen molar-refractivity contribution in [2.24, 2.45) is 0 Å². The van der Waals surface area contributed by atoms with Crippen LogP contribution >= 0.6 is 11.6 Å². The molecule has 0 aliphatic heterocycles. The molecule has 0 saturated carbocycles. The lowest BCUT2D eigenvalue weighted by molar-refractivity contribution is 0.102. The Hall–Kier alpha value is -2.47. The van der Waals surface area contributed by atoms with Gasteiger partial charge in [0.15, 0.2) is 0 Å². The second-order valence-electron chi connectivity index (χ2n) is 4.82. The van der Waals surface area contributed by atoms with E-state index in [1.165, 1.54) is 26.4 Å². The van der Waals surface area contributed by atoms with Gasteiger partial charge in [0.1, 0.15) is 17.3 Å². The van der Waals surface area contributed by atoms with E-state index >= 15 is 0 Å². The van der Waals surface area contributed by atoms with Gasteiger partial charge in [0.05, 0.1) is 30.5 Å². The number of ether oxygens (including phenoxy) is 2. The summed E-state index contributed by atoms with van der Waals surface area (Å²) in [5.41, 5.74) is 0.698. The summed E-state index contributed by atoms with van der Waals surface area (Å²) in [6, 6.07) is 4.36. The highest BCUT2D eigenvalue weighted by molar-refractivity contribution is 6.32. The van der Waals surface area contributed by atoms with Gasteiger partial charge >= 0.3 is 5.63 Å². The molecule has 1 amide bonds. The van der Waals surface area contributed by atoms with Crippen LogP contribution in [0, 0.1) is 13.8 Å². The molecule has 6 nitrogen and oxygen atoms in total. The van der Waals surface area contributed by atoms with Gasteiger partial charge in [-0.15, -0.1) is 0 Å². The fraction of sp³-hybridized carbons (Fsp3) is 0.250. The fourth-order valence-electron chi connectivity index (χ4n) is 2.24. The van der Waals surface area contributed by atoms with Gasteiger partial charge in [-0.3, -0.25) is 4.79 Å². The summed E-state index contributed by atoms with van der Waals surface area (Å²) in [4.78, 5) is 23.8. The Morgan fingerprint density at radius 1 is 1.13 bits per heavy atom. The standard InChI is InChI=1S/C16H16ClNO5/c1-8-5-14(19)23-9(2)15(8)16(20)18-11-6-10(17)12(21-3)7-13(11)22-4/h5-7H,1-4H3,(H,18,20). The summed E-state index contributed by atoms with van der Waals surface area (Å²) in [6.07, 6.45) is 0. The van der Waals surface area contributed by atoms with E-state index in [9.17, 15) is 9.59 Å². The Labute approximate surface area is 138 Å². The number of hydrogen-bond donors (Lipinski definition) is 1. The average Bonchev–Trinajstić information content (AvgIpc) is 2.46. The Morgan fingerprint density at radius 2 is 1.78 bits per heavy atom. The number of anilines is 1. The van der Waals surface area contributed by atoms with Crippen LogP contribution in [0.15, 0.2) is 27.4 Å². The molecule has 0 spiro atoms. The number of nitrogens with one attached hydrogen (secondary N) is 1. The van der Waals surface area contributed by atoms with Crippen LogP contribution < -0.4 is 20.4 Å². The Kier molecular flexibility index (Phi) is 4.95. The number of carbonyl (C=O) groups excluding carboxylic acids is 1. The van der Waals surface area contributed by atoms with E-state index in [0.717, 1.165) is 0 Å². The fourth-order valence-corrected chi connectivity index (χ4v) is 2.48. The summed E-state index contributed by atoms with van der Waals surface area (Å²) in [5.74, 6) is 0.640. The molecule has 122 valence electrons. The predicted octanol–water partition coefficient (Wildman–Crippen LogP) is 3.18. The molecule has 0 radical (unpaired) electrons. The lowest BCUT2D eigenvalue weighted by Gasteiger charge is -2.14. The molecule has 2 rings (SSSR count). The van der Waals surface area contributed by atoms with Gasteiger partial charge in [-0.2, -0.15) is 0 Å². The second kappa shape index (κ2) is 6.75. The summed E-state index contributed by atoms with van der Waals surface area (Å²) >= 11 is 6.08. The van der Waals surface area contributed by atoms with Gasteiger partial charge < -0.3 is 19.2 Å². The molecule has 7 heteroatoms. The van der Waals surface area contributed by atoms with Crippen LogP contribution in [-0.2, 0) is 0 Å². The van der Waals surface area contributed by atoms with E-state index in [0.29, 0.717) is 33.3 Å². The first-order chi connectivity index (χ1) is 10.9. The van der Waals surface area contributed by atoms with Gasteiger partial charge in [0, 0.05) is 12.1 Å². The molecule has 2 aromatic rings. The zero-order valence-corrected chi connectivity index (χ0v) is 13.9. The molecule has 23 heavy (non-hydrogen) atoms. The van der Waals surface area contributed by atoms with Gasteiger partial charge in [0.2, 0.25) is 0 Å². The normalized spacial score (nSPS) is 10.3. The highest BCUT2D eigenvalue weighted by Crippen LogP contribution is 2.36. The number of amides is 1. The molecule has 0 bridgehead atoms. The predicted molar refractivity (Wildman–Crippen MR) is 87.0 cm³/mol. The van der Waals surface area contributed by atoms with Crippen molar-refractivity contribution in [3.63, 3.8) is 0 Å². The maximum Gasteiger partial charge on any atom is 0.336 e. The number of hydrogen-bond acceptors (Lipinski definition) is 5. The number of benzene rings is 1. The lowest BCUT2D eigenvalue weighted by atomic mass is 10.1. The molecular weight excluding hydrogens is 322 g/mol. The first-order valence-corrected chi connectivity index (χ1v) is 7.09. The second-order valence-corrected chi connectivity index (χ2v) is 5.23. The zero-order chi connectivity index (χ0) is 17.1. The van der Waals surface area contributed by atoms with Crippen molar-refractivity contribution in [1.82, 2.24) is 0 Å². The van der Waals surface area contributed by atoms with Crippen molar-refractivity contribution < 1.29 is 18.7 Å². The molecular formula is C16H16ClNO5. The van der Waals surface area contributed by atoms with E-state index in [1.807, 2.05) is 0 Å². The number of carbonyl (C=O) groups is 1. The molecule has 1 aromatic heterocycles. The van der Waals surface area contributed by atoms with Crippen molar-refractivity contribution in [3.05, 3.63) is 50.5 Å². The van der Waals surface area contributed by atoms with Crippen LogP contribution in [0.3, 0.4) is 0 Å². The summed E-state index contributed by atoms with van der Waals surface area (Å²) in [6.45, 7) is 3.22. The third-order valence-corrected chi connectivity index (χ3v) is 3.58. The Balaban J connectivity index is 2.42. The van der Waals surface area contributed by atoms with Gasteiger partial charge in [-0.25, -0.2) is 4.79 Å². The number of rotatable bonds is 4. The van der Waals surface area contributed by atoms with Crippen LogP contribution in [-0.4, -0.2) is 20.1 Å². The highest BCUT2D eigenvalue weighted by Gasteiger charge is 2.18. The minimum absolute atomic E-state index is 0.242. The summed E-state index contributed by atoms with van der Waals surface area (Å²) < 4.78 is 15.3. The minimum atomic E-state index is -0.498. The Bertz CT molecular complexity index is 787. The quantitative estimate of drug-likeness (QED) is 0.927. The molecule has 0 aliphatic rings. The lowest BCUT2D eigenvalue weighted by Crippen LogP contribution is -2.17. The van der Waals surface area contributed by atoms with Crippen LogP contribution in [0.2, 0.25) is 5.02 Å². The van der Waals surface area contributed by atoms with E-state index < -0.39 is 11.5 Å². The van der Waals surface area contributed by atoms with Crippen LogP contribution in [0.25, 0.3) is 0 Å². The van der Waals surface area contributed by atoms with Gasteiger partial charge in [0.25, 0.3) is 5.91 Å². The largest absolute Gasteiger partial charge is 0.495 e. The average molecular weight is 338 g/mol. The summed E-state index contributed by atoms with van der Waals surface area (Å²) in [5, 5.41) is 3.04. The van der Waals surface area contributed by atoms with Crippen molar-refractivity contribution in [2.75, 3.05) is 19.5 Å². The summed E-state index contributed by atoms with van der Waals surface area (Å²) in [7, 11) is 2.95. The van der Waals surface area contributed by atoms with E-state index in [4.69, 9.17) is 25.5 Å². The van der Waals surface area contributed by atoms with Gasteiger partial charge in [-0.05, 0) is 25.5 Å². The van der Waals surface area contributed by atoms with Gasteiger partial charge in [-0.1, -0.05) is 11.6 Å². The van der Waals surface area contributed by atoms with Crippen molar-refractivity contribution in [2.45, 2.75) is 13.8 Å². The van der Waals surface area contributed by atoms with E-state index in [2.05, 4.69) is 5.32 Å². The minimum Gasteiger partial charge on any atom is -0.495 e. The molecule has 0 fully saturated rings. The molecule has 0 aliphatic carbocycles. The molecule has 0 unspecified atom stereocenters. The highest BCUT2D eigenvalue weighted by atomic mass is 35.5. The van der Waals surface area contributed by atoms with Crippen molar-refractivity contribution >= 4 is 23.2 Å². The first kappa shape index (κ1) is 16.9. The van der Waals surface area contributed by atoms with Crippen molar-refractivity contribution in [3.8, 4) is 11.5 Å². The monoisotopic (exact) mass is 337 g/mol. The first-order valence-electron chi connectivity index (χ1n) is 6.71. The third-order valence-electron chi connectivity index (χ3n) is 3.28. The smallest absolute Gasteiger partial charge is 0.336 e. The molecule has 0 atom stereocenters. The topological polar surface area (TPSA) is 77.8 Å². The molecule has 0 saturated heterocycles. The number of aryl methyl sites for hydroxylation is 2. The SMILES string of the molecule is COc1cc(OC)c(NC(=O)c2c(C)cc(=O)oc2C)cc1Cl. The third kappa shape index (κ3) is 3.48. The molecule has 1 aromatic carbocycles. The number of methoxy groups -OCH3 is 2. The number of halogens is 1. The van der Waals surface area contributed by atoms with E-state index in [-0.39, 0.29) is 5.76 Å². The maximum absolute atomic E-state index is 12.5. The van der Waals surface area contributed by atoms with Crippen molar-refractivity contribution in [1.29, 1.82) is 0 Å². The zero-order valence-electron chi connectivity index (χ0n) is 13.2. The maximum atomic E-state index is 12.5. The van der Waals surface area contributed by atoms with Crippen LogP contribution in [0.5, 0.6) is 11.5 Å². The van der Waals surface area contributed by atoms with Crippen LogP contribution in [0.4, 0.5) is 5.69 Å².